The molecule has 7 heteroatoms. The number of hydrogen-bond acceptors (Lipinski definition) is 4. The third-order valence-corrected chi connectivity index (χ3v) is 5.64. The predicted molar refractivity (Wildman–Crippen MR) is 132 cm³/mol. The molecule has 0 spiro atoms. The van der Waals surface area contributed by atoms with E-state index >= 15 is 0 Å². The van der Waals surface area contributed by atoms with Crippen molar-refractivity contribution in [3.05, 3.63) is 54.6 Å². The van der Waals surface area contributed by atoms with Crippen LogP contribution in [-0.2, 0) is 4.79 Å². The van der Waals surface area contributed by atoms with Crippen molar-refractivity contribution in [1.82, 2.24) is 15.5 Å². The van der Waals surface area contributed by atoms with Gasteiger partial charge in [-0.2, -0.15) is 0 Å². The molecule has 1 saturated heterocycles. The molecule has 3 rings (SSSR count). The number of carbonyl (C=O) groups is 2. The second-order valence-electron chi connectivity index (χ2n) is 9.53. The van der Waals surface area contributed by atoms with Crippen LogP contribution in [0.5, 0.6) is 11.5 Å². The van der Waals surface area contributed by atoms with Gasteiger partial charge >= 0.3 is 6.03 Å². The lowest BCUT2D eigenvalue weighted by Crippen LogP contribution is -2.54. The summed E-state index contributed by atoms with van der Waals surface area (Å²) in [5.41, 5.74) is 0.190. The fourth-order valence-corrected chi connectivity index (χ4v) is 3.83. The first-order valence-electron chi connectivity index (χ1n) is 11.7. The van der Waals surface area contributed by atoms with Gasteiger partial charge in [0.05, 0.1) is 0 Å². The first-order chi connectivity index (χ1) is 15.8. The van der Waals surface area contributed by atoms with Gasteiger partial charge in [-0.15, -0.1) is 0 Å². The van der Waals surface area contributed by atoms with E-state index in [1.165, 1.54) is 12.8 Å². The van der Waals surface area contributed by atoms with Crippen LogP contribution in [0, 0.1) is 5.41 Å². The largest absolute Gasteiger partial charge is 0.457 e. The van der Waals surface area contributed by atoms with Crippen molar-refractivity contribution < 1.29 is 14.3 Å². The zero-order chi connectivity index (χ0) is 23.7. The summed E-state index contributed by atoms with van der Waals surface area (Å²) in [4.78, 5) is 27.8. The number of ether oxygens (including phenoxy) is 1. The lowest BCUT2D eigenvalue weighted by atomic mass is 9.86. The van der Waals surface area contributed by atoms with Gasteiger partial charge in [0, 0.05) is 12.2 Å². The van der Waals surface area contributed by atoms with Crippen molar-refractivity contribution in [2.45, 2.75) is 46.1 Å². The Hall–Kier alpha value is -3.06. The van der Waals surface area contributed by atoms with Crippen molar-refractivity contribution in [2.75, 3.05) is 31.5 Å². The highest BCUT2D eigenvalue weighted by Gasteiger charge is 2.32. The third-order valence-electron chi connectivity index (χ3n) is 5.64. The number of nitrogens with zero attached hydrogens (tertiary/aromatic N) is 1. The van der Waals surface area contributed by atoms with Crippen LogP contribution in [0.1, 0.15) is 40.0 Å². The normalized spacial score (nSPS) is 15.0. The molecule has 33 heavy (non-hydrogen) atoms. The lowest BCUT2D eigenvalue weighted by molar-refractivity contribution is -0.125. The second-order valence-corrected chi connectivity index (χ2v) is 9.53. The van der Waals surface area contributed by atoms with Crippen LogP contribution in [0.2, 0.25) is 0 Å². The molecule has 1 aliphatic heterocycles. The minimum Gasteiger partial charge on any atom is -0.457 e. The number of hydrogen-bond donors (Lipinski definition) is 3. The van der Waals surface area contributed by atoms with Gasteiger partial charge in [0.2, 0.25) is 5.91 Å². The Morgan fingerprint density at radius 3 is 2.24 bits per heavy atom. The van der Waals surface area contributed by atoms with Gasteiger partial charge in [-0.3, -0.25) is 4.79 Å². The Bertz CT molecular complexity index is 888. The standard InChI is InChI=1S/C26H36N4O3/c1-26(2,3)23(24(31)27-16-9-19-30-17-7-8-18-30)29-25(32)28-20-12-14-22(15-13-20)33-21-10-5-4-6-11-21/h4-6,10-15,23H,7-9,16-19H2,1-3H3,(H,27,31)(H2,28,29,32). The number of benzene rings is 2. The molecule has 1 unspecified atom stereocenters. The Morgan fingerprint density at radius 1 is 0.970 bits per heavy atom. The van der Waals surface area contributed by atoms with E-state index in [9.17, 15) is 9.59 Å². The number of rotatable bonds is 9. The highest BCUT2D eigenvalue weighted by atomic mass is 16.5. The summed E-state index contributed by atoms with van der Waals surface area (Å²) in [7, 11) is 0. The number of carbonyl (C=O) groups excluding carboxylic acids is 2. The Labute approximate surface area is 196 Å². The molecule has 1 aliphatic rings. The van der Waals surface area contributed by atoms with E-state index in [1.807, 2.05) is 51.1 Å². The molecule has 178 valence electrons. The summed E-state index contributed by atoms with van der Waals surface area (Å²) in [6.45, 7) is 9.73. The number of nitrogens with one attached hydrogen (secondary N) is 3. The quantitative estimate of drug-likeness (QED) is 0.485. The fraction of sp³-hybridized carbons (Fsp3) is 0.462. The fourth-order valence-electron chi connectivity index (χ4n) is 3.83. The summed E-state index contributed by atoms with van der Waals surface area (Å²) in [5.74, 6) is 1.26. The maximum Gasteiger partial charge on any atom is 0.319 e. The Kier molecular flexibility index (Phi) is 8.72. The molecule has 0 aromatic heterocycles. The highest BCUT2D eigenvalue weighted by Crippen LogP contribution is 2.23. The number of amides is 3. The topological polar surface area (TPSA) is 82.7 Å². The summed E-state index contributed by atoms with van der Waals surface area (Å²) in [6, 6.07) is 15.5. The third kappa shape index (κ3) is 8.09. The van der Waals surface area contributed by atoms with E-state index < -0.39 is 17.5 Å². The van der Waals surface area contributed by atoms with Crippen LogP contribution in [0.15, 0.2) is 54.6 Å². The van der Waals surface area contributed by atoms with Crippen molar-refractivity contribution in [3.8, 4) is 11.5 Å². The van der Waals surface area contributed by atoms with Crippen LogP contribution in [0.3, 0.4) is 0 Å². The summed E-state index contributed by atoms with van der Waals surface area (Å²) in [6.07, 6.45) is 3.44. The van der Waals surface area contributed by atoms with E-state index in [-0.39, 0.29) is 5.91 Å². The van der Waals surface area contributed by atoms with E-state index in [1.54, 1.807) is 24.3 Å². The van der Waals surface area contributed by atoms with E-state index in [0.29, 0.717) is 18.0 Å². The van der Waals surface area contributed by atoms with E-state index in [2.05, 4.69) is 20.9 Å². The maximum absolute atomic E-state index is 12.8. The van der Waals surface area contributed by atoms with E-state index in [4.69, 9.17) is 4.74 Å². The number of likely N-dealkylation sites (tertiary alicyclic amines) is 1. The van der Waals surface area contributed by atoms with Gasteiger partial charge in [0.15, 0.2) is 0 Å². The highest BCUT2D eigenvalue weighted by molar-refractivity contribution is 5.94. The molecular weight excluding hydrogens is 416 g/mol. The molecule has 0 bridgehead atoms. The summed E-state index contributed by atoms with van der Waals surface area (Å²) < 4.78 is 5.77. The van der Waals surface area contributed by atoms with Crippen molar-refractivity contribution in [1.29, 1.82) is 0 Å². The average Bonchev–Trinajstić information content (AvgIpc) is 3.30. The van der Waals surface area contributed by atoms with Gasteiger partial charge in [0.25, 0.3) is 0 Å². The molecule has 1 heterocycles. The smallest absolute Gasteiger partial charge is 0.319 e. The number of urea groups is 1. The van der Waals surface area contributed by atoms with Crippen LogP contribution < -0.4 is 20.7 Å². The van der Waals surface area contributed by atoms with Gasteiger partial charge in [-0.25, -0.2) is 4.79 Å². The zero-order valence-corrected chi connectivity index (χ0v) is 19.9. The van der Waals surface area contributed by atoms with Crippen LogP contribution in [0.4, 0.5) is 10.5 Å². The van der Waals surface area contributed by atoms with Gasteiger partial charge in [0.1, 0.15) is 17.5 Å². The van der Waals surface area contributed by atoms with Crippen LogP contribution >= 0.6 is 0 Å². The van der Waals surface area contributed by atoms with Crippen LogP contribution in [0.25, 0.3) is 0 Å². The molecule has 0 saturated carbocycles. The molecule has 2 aromatic carbocycles. The number of anilines is 1. The SMILES string of the molecule is CC(C)(C)C(NC(=O)Nc1ccc(Oc2ccccc2)cc1)C(=O)NCCCN1CCCC1. The monoisotopic (exact) mass is 452 g/mol. The Balaban J connectivity index is 1.48. The summed E-state index contributed by atoms with van der Waals surface area (Å²) >= 11 is 0. The minimum atomic E-state index is -0.648. The van der Waals surface area contributed by atoms with Crippen molar-refractivity contribution in [3.63, 3.8) is 0 Å². The first-order valence-corrected chi connectivity index (χ1v) is 11.7. The molecule has 3 N–H and O–H groups in total. The molecule has 1 atom stereocenters. The molecule has 0 radical (unpaired) electrons. The van der Waals surface area contributed by atoms with E-state index in [0.717, 1.165) is 31.8 Å². The van der Waals surface area contributed by atoms with Crippen LogP contribution in [-0.4, -0.2) is 49.1 Å². The average molecular weight is 453 g/mol. The van der Waals surface area contributed by atoms with Crippen molar-refractivity contribution >= 4 is 17.6 Å². The zero-order valence-electron chi connectivity index (χ0n) is 19.9. The van der Waals surface area contributed by atoms with Gasteiger partial charge in [-0.05, 0) is 80.7 Å². The Morgan fingerprint density at radius 2 is 1.61 bits per heavy atom. The molecule has 2 aromatic rings. The maximum atomic E-state index is 12.8. The molecule has 0 aliphatic carbocycles. The molecular formula is C26H36N4O3. The number of para-hydroxylation sites is 1. The lowest BCUT2D eigenvalue weighted by Gasteiger charge is -2.30. The summed E-state index contributed by atoms with van der Waals surface area (Å²) in [5, 5.41) is 8.63. The molecule has 1 fully saturated rings. The second kappa shape index (κ2) is 11.7. The predicted octanol–water partition coefficient (Wildman–Crippen LogP) is 4.62. The van der Waals surface area contributed by atoms with Gasteiger partial charge < -0.3 is 25.6 Å². The minimum absolute atomic E-state index is 0.161. The molecule has 7 nitrogen and oxygen atoms in total. The van der Waals surface area contributed by atoms with Crippen molar-refractivity contribution in [2.24, 2.45) is 5.41 Å². The molecule has 3 amide bonds. The first kappa shape index (κ1) is 24.6. The van der Waals surface area contributed by atoms with Gasteiger partial charge in [-0.1, -0.05) is 39.0 Å².